The maximum atomic E-state index is 12.8. The summed E-state index contributed by atoms with van der Waals surface area (Å²) >= 11 is 1.44. The molecule has 2 amide bonds. The molecule has 1 unspecified atom stereocenters. The molecule has 0 radical (unpaired) electrons. The van der Waals surface area contributed by atoms with Crippen LogP contribution in [0.4, 0.5) is 5.69 Å². The van der Waals surface area contributed by atoms with Crippen molar-refractivity contribution in [2.45, 2.75) is 37.0 Å². The molecule has 6 nitrogen and oxygen atoms in total. The lowest BCUT2D eigenvalue weighted by atomic mass is 10.3. The summed E-state index contributed by atoms with van der Waals surface area (Å²) in [7, 11) is 0. The van der Waals surface area contributed by atoms with Gasteiger partial charge >= 0.3 is 0 Å². The Labute approximate surface area is 157 Å². The lowest BCUT2D eigenvalue weighted by Gasteiger charge is -2.24. The molecule has 0 bridgehead atoms. The normalized spacial score (nSPS) is 11.4. The Hall–Kier alpha value is -2.72. The smallest absolute Gasteiger partial charge is 0.236 e. The second-order valence-electron chi connectivity index (χ2n) is 5.71. The molecule has 1 aromatic carbocycles. The molecule has 2 rings (SSSR count). The molecule has 0 spiro atoms. The molecule has 26 heavy (non-hydrogen) atoms. The number of anilines is 1. The van der Waals surface area contributed by atoms with Crippen LogP contribution in [0.3, 0.4) is 0 Å². The van der Waals surface area contributed by atoms with E-state index in [1.165, 1.54) is 18.7 Å². The first kappa shape index (κ1) is 19.6. The molecule has 1 atom stereocenters. The highest BCUT2D eigenvalue weighted by atomic mass is 32.2. The average Bonchev–Trinajstić information content (AvgIpc) is 3.12. The van der Waals surface area contributed by atoms with Crippen molar-refractivity contribution in [3.63, 3.8) is 0 Å². The molecule has 0 aliphatic heterocycles. The van der Waals surface area contributed by atoms with Gasteiger partial charge in [-0.25, -0.2) is 0 Å². The molecule has 1 N–H and O–H groups in total. The molecule has 2 aromatic rings. The van der Waals surface area contributed by atoms with Crippen molar-refractivity contribution < 1.29 is 14.0 Å². The highest BCUT2D eigenvalue weighted by molar-refractivity contribution is 8.00. The maximum absolute atomic E-state index is 12.8. The summed E-state index contributed by atoms with van der Waals surface area (Å²) in [6.45, 7) is 4.01. The first-order valence-electron chi connectivity index (χ1n) is 8.22. The fourth-order valence-electron chi connectivity index (χ4n) is 2.37. The number of carbonyl (C=O) groups is 2. The molecule has 7 heteroatoms. The van der Waals surface area contributed by atoms with E-state index < -0.39 is 0 Å². The molecular weight excluding hydrogens is 350 g/mol. The van der Waals surface area contributed by atoms with Gasteiger partial charge in [-0.15, -0.1) is 11.8 Å². The summed E-state index contributed by atoms with van der Waals surface area (Å²) in [4.78, 5) is 26.4. The Bertz CT molecular complexity index is 766. The van der Waals surface area contributed by atoms with E-state index >= 15 is 0 Å². The van der Waals surface area contributed by atoms with E-state index in [0.717, 1.165) is 4.90 Å². The van der Waals surface area contributed by atoms with Crippen LogP contribution in [0.5, 0.6) is 0 Å². The van der Waals surface area contributed by atoms with Gasteiger partial charge < -0.3 is 14.6 Å². The first-order valence-corrected chi connectivity index (χ1v) is 9.10. The van der Waals surface area contributed by atoms with Crippen molar-refractivity contribution in [3.8, 4) is 6.07 Å². The molecule has 0 fully saturated rings. The third kappa shape index (κ3) is 5.97. The van der Waals surface area contributed by atoms with E-state index in [0.29, 0.717) is 24.5 Å². The summed E-state index contributed by atoms with van der Waals surface area (Å²) in [6, 6.07) is 13.0. The van der Waals surface area contributed by atoms with Crippen LogP contribution in [0.2, 0.25) is 0 Å². The van der Waals surface area contributed by atoms with Crippen molar-refractivity contribution >= 4 is 29.3 Å². The zero-order chi connectivity index (χ0) is 18.9. The topological polar surface area (TPSA) is 86.3 Å². The zero-order valence-corrected chi connectivity index (χ0v) is 15.6. The predicted molar refractivity (Wildman–Crippen MR) is 100 cm³/mol. The number of carbonyl (C=O) groups excluding carboxylic acids is 2. The summed E-state index contributed by atoms with van der Waals surface area (Å²) in [5.74, 6) is 0.515. The lowest BCUT2D eigenvalue weighted by molar-refractivity contribution is -0.131. The third-order valence-corrected chi connectivity index (χ3v) is 4.67. The van der Waals surface area contributed by atoms with Gasteiger partial charge in [-0.1, -0.05) is 0 Å². The lowest BCUT2D eigenvalue weighted by Crippen LogP contribution is -2.36. The van der Waals surface area contributed by atoms with Crippen molar-refractivity contribution in [1.82, 2.24) is 4.90 Å². The number of hydrogen-bond acceptors (Lipinski definition) is 5. The second-order valence-corrected chi connectivity index (χ2v) is 7.13. The minimum absolute atomic E-state index is 0.0485. The van der Waals surface area contributed by atoms with Crippen molar-refractivity contribution in [2.24, 2.45) is 0 Å². The van der Waals surface area contributed by atoms with Gasteiger partial charge in [0.1, 0.15) is 5.76 Å². The number of nitrogens with zero attached hydrogens (tertiary/aromatic N) is 2. The Morgan fingerprint density at radius 2 is 2.04 bits per heavy atom. The standard InChI is InChI=1S/C19H21N3O3S/c1-14(26-18-8-6-16(7-9-18)21-15(2)23)19(24)22(11-4-10-20)13-17-5-3-12-25-17/h3,5-9,12,14H,4,11,13H2,1-2H3,(H,21,23). The molecular formula is C19H21N3O3S. The number of furan rings is 1. The Balaban J connectivity index is 2.00. The van der Waals surface area contributed by atoms with Gasteiger partial charge in [0.05, 0.1) is 30.5 Å². The fraction of sp³-hybridized carbons (Fsp3) is 0.316. The monoisotopic (exact) mass is 371 g/mol. The summed E-state index contributed by atoms with van der Waals surface area (Å²) < 4.78 is 5.32. The Morgan fingerprint density at radius 1 is 1.31 bits per heavy atom. The fourth-order valence-corrected chi connectivity index (χ4v) is 3.33. The second kappa shape index (κ2) is 9.68. The van der Waals surface area contributed by atoms with Gasteiger partial charge in [0.25, 0.3) is 0 Å². The number of nitrogens with one attached hydrogen (secondary N) is 1. The molecule has 0 saturated heterocycles. The van der Waals surface area contributed by atoms with E-state index in [1.807, 2.05) is 25.1 Å². The zero-order valence-electron chi connectivity index (χ0n) is 14.8. The number of benzene rings is 1. The summed E-state index contributed by atoms with van der Waals surface area (Å²) in [5, 5.41) is 11.2. The van der Waals surface area contributed by atoms with Crippen LogP contribution in [-0.4, -0.2) is 28.5 Å². The minimum Gasteiger partial charge on any atom is -0.467 e. The SMILES string of the molecule is CC(=O)Nc1ccc(SC(C)C(=O)N(CCC#N)Cc2ccco2)cc1. The number of thioether (sulfide) groups is 1. The Kier molecular flexibility index (Phi) is 7.30. The highest BCUT2D eigenvalue weighted by Crippen LogP contribution is 2.26. The summed E-state index contributed by atoms with van der Waals surface area (Å²) in [6.07, 6.45) is 1.84. The number of nitriles is 1. The van der Waals surface area contributed by atoms with E-state index in [9.17, 15) is 9.59 Å². The van der Waals surface area contributed by atoms with Crippen LogP contribution >= 0.6 is 11.8 Å². The van der Waals surface area contributed by atoms with Gasteiger partial charge in [0, 0.05) is 24.1 Å². The van der Waals surface area contributed by atoms with E-state index in [4.69, 9.17) is 9.68 Å². The van der Waals surface area contributed by atoms with Gasteiger partial charge in [0.2, 0.25) is 11.8 Å². The first-order chi connectivity index (χ1) is 12.5. The van der Waals surface area contributed by atoms with Gasteiger partial charge in [0.15, 0.2) is 0 Å². The van der Waals surface area contributed by atoms with Crippen LogP contribution in [0.1, 0.15) is 26.0 Å². The number of hydrogen-bond donors (Lipinski definition) is 1. The van der Waals surface area contributed by atoms with Crippen molar-refractivity contribution in [2.75, 3.05) is 11.9 Å². The molecule has 1 heterocycles. The molecule has 0 saturated carbocycles. The number of rotatable bonds is 8. The van der Waals surface area contributed by atoms with Gasteiger partial charge in [-0.05, 0) is 43.3 Å². The summed E-state index contributed by atoms with van der Waals surface area (Å²) in [5.41, 5.74) is 0.717. The quantitative estimate of drug-likeness (QED) is 0.716. The predicted octanol–water partition coefficient (Wildman–Crippen LogP) is 3.66. The number of amides is 2. The molecule has 0 aliphatic carbocycles. The van der Waals surface area contributed by atoms with E-state index in [1.54, 1.807) is 29.4 Å². The molecule has 1 aromatic heterocycles. The van der Waals surface area contributed by atoms with E-state index in [-0.39, 0.29) is 23.5 Å². The van der Waals surface area contributed by atoms with Crippen LogP contribution < -0.4 is 5.32 Å². The average molecular weight is 371 g/mol. The van der Waals surface area contributed by atoms with Gasteiger partial charge in [-0.3, -0.25) is 9.59 Å². The van der Waals surface area contributed by atoms with Crippen LogP contribution in [0.25, 0.3) is 0 Å². The molecule has 0 aliphatic rings. The Morgan fingerprint density at radius 3 is 2.62 bits per heavy atom. The van der Waals surface area contributed by atoms with Crippen molar-refractivity contribution in [3.05, 3.63) is 48.4 Å². The van der Waals surface area contributed by atoms with Crippen LogP contribution in [0.15, 0.2) is 52.0 Å². The largest absolute Gasteiger partial charge is 0.467 e. The molecule has 136 valence electrons. The van der Waals surface area contributed by atoms with Gasteiger partial charge in [-0.2, -0.15) is 5.26 Å². The van der Waals surface area contributed by atoms with E-state index in [2.05, 4.69) is 11.4 Å². The van der Waals surface area contributed by atoms with Crippen molar-refractivity contribution in [1.29, 1.82) is 5.26 Å². The third-order valence-electron chi connectivity index (χ3n) is 3.57. The van der Waals surface area contributed by atoms with Crippen LogP contribution in [-0.2, 0) is 16.1 Å². The minimum atomic E-state index is -0.310. The van der Waals surface area contributed by atoms with Crippen LogP contribution in [0, 0.1) is 11.3 Å². The maximum Gasteiger partial charge on any atom is 0.236 e. The highest BCUT2D eigenvalue weighted by Gasteiger charge is 2.22.